The summed E-state index contributed by atoms with van der Waals surface area (Å²) in [4.78, 5) is 23.2. The number of carbonyl (C=O) groups is 1. The number of ether oxygens (including phenoxy) is 1. The van der Waals surface area contributed by atoms with Crippen LogP contribution in [0.15, 0.2) is 42.7 Å². The van der Waals surface area contributed by atoms with E-state index in [1.165, 1.54) is 5.56 Å². The highest BCUT2D eigenvalue weighted by atomic mass is 16.5. The molecule has 0 spiro atoms. The third-order valence-corrected chi connectivity index (χ3v) is 4.93. The van der Waals surface area contributed by atoms with Gasteiger partial charge in [0, 0.05) is 36.5 Å². The van der Waals surface area contributed by atoms with Crippen LogP contribution in [-0.2, 0) is 11.3 Å². The van der Waals surface area contributed by atoms with E-state index in [9.17, 15) is 4.79 Å². The van der Waals surface area contributed by atoms with Crippen molar-refractivity contribution in [2.45, 2.75) is 12.6 Å². The first-order valence-electron chi connectivity index (χ1n) is 8.19. The second-order valence-corrected chi connectivity index (χ2v) is 6.39. The number of amides is 1. The molecule has 0 radical (unpaired) electrons. The van der Waals surface area contributed by atoms with E-state index in [0.29, 0.717) is 19.0 Å². The number of nitrogens with zero attached hydrogens (tertiary/aromatic N) is 3. The molecular formula is C18H20N4O2. The van der Waals surface area contributed by atoms with E-state index in [4.69, 9.17) is 4.74 Å². The van der Waals surface area contributed by atoms with Crippen LogP contribution in [-0.4, -0.2) is 41.0 Å². The number of carbonyl (C=O) groups excluding carboxylic acids is 1. The summed E-state index contributed by atoms with van der Waals surface area (Å²) in [5, 5.41) is 2.97. The van der Waals surface area contributed by atoms with Crippen LogP contribution in [0.1, 0.15) is 17.4 Å². The van der Waals surface area contributed by atoms with Gasteiger partial charge in [0.25, 0.3) is 0 Å². The van der Waals surface area contributed by atoms with Crippen LogP contribution in [0.4, 0.5) is 0 Å². The average molecular weight is 324 g/mol. The van der Waals surface area contributed by atoms with Crippen LogP contribution >= 0.6 is 0 Å². The summed E-state index contributed by atoms with van der Waals surface area (Å²) in [6.45, 7) is 1.66. The third-order valence-electron chi connectivity index (χ3n) is 4.93. The van der Waals surface area contributed by atoms with Gasteiger partial charge in [-0.05, 0) is 19.2 Å². The predicted octanol–water partition coefficient (Wildman–Crippen LogP) is 1.40. The topological polar surface area (TPSA) is 67.4 Å². The fraction of sp³-hybridized carbons (Fsp3) is 0.389. The number of para-hydroxylation sites is 1. The van der Waals surface area contributed by atoms with E-state index in [1.807, 2.05) is 18.2 Å². The lowest BCUT2D eigenvalue weighted by Gasteiger charge is -2.32. The highest BCUT2D eigenvalue weighted by Gasteiger charge is 2.47. The Bertz CT molecular complexity index is 737. The predicted molar refractivity (Wildman–Crippen MR) is 88.2 cm³/mol. The van der Waals surface area contributed by atoms with Crippen molar-refractivity contribution in [3.63, 3.8) is 0 Å². The minimum absolute atomic E-state index is 0.0461. The second kappa shape index (κ2) is 6.20. The summed E-state index contributed by atoms with van der Waals surface area (Å²) < 4.78 is 5.90. The highest BCUT2D eigenvalue weighted by molar-refractivity contribution is 5.79. The number of hydrogen-bond acceptors (Lipinski definition) is 5. The molecule has 0 unspecified atom stereocenters. The van der Waals surface area contributed by atoms with E-state index in [-0.39, 0.29) is 23.8 Å². The van der Waals surface area contributed by atoms with Gasteiger partial charge in [0.1, 0.15) is 11.6 Å². The Morgan fingerprint density at radius 2 is 2.08 bits per heavy atom. The van der Waals surface area contributed by atoms with Crippen LogP contribution in [0.5, 0.6) is 5.75 Å². The number of hydrogen-bond donors (Lipinski definition) is 1. The van der Waals surface area contributed by atoms with E-state index in [1.54, 1.807) is 18.5 Å². The van der Waals surface area contributed by atoms with Crippen molar-refractivity contribution < 1.29 is 9.53 Å². The molecular weight excluding hydrogens is 304 g/mol. The first-order chi connectivity index (χ1) is 11.7. The number of aromatic nitrogens is 2. The first-order valence-corrected chi connectivity index (χ1v) is 8.19. The summed E-state index contributed by atoms with van der Waals surface area (Å²) >= 11 is 0. The average Bonchev–Trinajstić information content (AvgIpc) is 2.98. The zero-order valence-corrected chi connectivity index (χ0v) is 13.6. The standard InChI is InChI=1S/C18H20N4O2/c1-22-10-13(18(23)21-9-16-19-7-4-8-20-16)14-11-24-15-6-3-2-5-12(15)17(14)22/h2-8,13-14,17H,9-11H2,1H3,(H,21,23)/t13-,14+,17+/m1/s1. The van der Waals surface area contributed by atoms with Gasteiger partial charge in [-0.25, -0.2) is 9.97 Å². The quantitative estimate of drug-likeness (QED) is 0.924. The molecule has 1 fully saturated rings. The fourth-order valence-electron chi connectivity index (χ4n) is 3.82. The van der Waals surface area contributed by atoms with E-state index < -0.39 is 0 Å². The molecule has 2 aliphatic heterocycles. The smallest absolute Gasteiger partial charge is 0.225 e. The van der Waals surface area contributed by atoms with Gasteiger partial charge in [0.05, 0.1) is 19.1 Å². The Morgan fingerprint density at radius 3 is 2.92 bits per heavy atom. The molecule has 6 heteroatoms. The minimum atomic E-state index is -0.0860. The number of nitrogens with one attached hydrogen (secondary N) is 1. The van der Waals surface area contributed by atoms with Crippen molar-refractivity contribution in [2.75, 3.05) is 20.2 Å². The molecule has 0 bridgehead atoms. The van der Waals surface area contributed by atoms with Crippen LogP contribution in [0.25, 0.3) is 0 Å². The maximum atomic E-state index is 12.7. The molecule has 0 aliphatic carbocycles. The molecule has 2 aromatic rings. The lowest BCUT2D eigenvalue weighted by molar-refractivity contribution is -0.126. The maximum Gasteiger partial charge on any atom is 0.225 e. The van der Waals surface area contributed by atoms with Crippen LogP contribution in [0, 0.1) is 11.8 Å². The zero-order valence-electron chi connectivity index (χ0n) is 13.6. The molecule has 2 aliphatic rings. The Hall–Kier alpha value is -2.47. The third kappa shape index (κ3) is 2.63. The van der Waals surface area contributed by atoms with Crippen LogP contribution in [0.3, 0.4) is 0 Å². The molecule has 1 saturated heterocycles. The lowest BCUT2D eigenvalue weighted by atomic mass is 9.85. The number of fused-ring (bicyclic) bond motifs is 3. The summed E-state index contributed by atoms with van der Waals surface area (Å²) in [6.07, 6.45) is 3.36. The molecule has 124 valence electrons. The Morgan fingerprint density at radius 1 is 1.29 bits per heavy atom. The van der Waals surface area contributed by atoms with Gasteiger partial charge >= 0.3 is 0 Å². The normalized spacial score (nSPS) is 25.5. The van der Waals surface area contributed by atoms with Crippen molar-refractivity contribution in [1.82, 2.24) is 20.2 Å². The van der Waals surface area contributed by atoms with Gasteiger partial charge in [-0.2, -0.15) is 0 Å². The largest absolute Gasteiger partial charge is 0.493 e. The van der Waals surface area contributed by atoms with Gasteiger partial charge in [-0.15, -0.1) is 0 Å². The summed E-state index contributed by atoms with van der Waals surface area (Å²) in [7, 11) is 2.08. The summed E-state index contributed by atoms with van der Waals surface area (Å²) in [5.41, 5.74) is 1.18. The Labute approximate surface area is 140 Å². The molecule has 0 saturated carbocycles. The molecule has 1 aromatic heterocycles. The molecule has 3 atom stereocenters. The molecule has 4 rings (SSSR count). The Balaban J connectivity index is 1.49. The first kappa shape index (κ1) is 15.1. The van der Waals surface area contributed by atoms with E-state index in [0.717, 1.165) is 12.3 Å². The van der Waals surface area contributed by atoms with Gasteiger partial charge in [-0.1, -0.05) is 18.2 Å². The van der Waals surface area contributed by atoms with Crippen molar-refractivity contribution in [3.05, 3.63) is 54.1 Å². The second-order valence-electron chi connectivity index (χ2n) is 6.39. The van der Waals surface area contributed by atoms with Crippen LogP contribution < -0.4 is 10.1 Å². The van der Waals surface area contributed by atoms with Crippen molar-refractivity contribution >= 4 is 5.91 Å². The highest BCUT2D eigenvalue weighted by Crippen LogP contribution is 2.46. The lowest BCUT2D eigenvalue weighted by Crippen LogP contribution is -2.38. The molecule has 1 aromatic carbocycles. The van der Waals surface area contributed by atoms with E-state index >= 15 is 0 Å². The van der Waals surface area contributed by atoms with Crippen molar-refractivity contribution in [2.24, 2.45) is 11.8 Å². The molecule has 3 heterocycles. The Kier molecular flexibility index (Phi) is 3.90. The molecule has 24 heavy (non-hydrogen) atoms. The number of benzene rings is 1. The van der Waals surface area contributed by atoms with Crippen LogP contribution in [0.2, 0.25) is 0 Å². The van der Waals surface area contributed by atoms with Gasteiger partial charge in [0.2, 0.25) is 5.91 Å². The molecule has 1 amide bonds. The number of rotatable bonds is 3. The monoisotopic (exact) mass is 324 g/mol. The van der Waals surface area contributed by atoms with Crippen molar-refractivity contribution in [3.8, 4) is 5.75 Å². The van der Waals surface area contributed by atoms with Gasteiger partial charge < -0.3 is 10.1 Å². The SMILES string of the molecule is CN1C[C@@H](C(=O)NCc2ncccn2)[C@@H]2COc3ccccc3[C@@H]21. The minimum Gasteiger partial charge on any atom is -0.493 e. The van der Waals surface area contributed by atoms with Crippen molar-refractivity contribution in [1.29, 1.82) is 0 Å². The summed E-state index contributed by atoms with van der Waals surface area (Å²) in [5.74, 6) is 1.69. The van der Waals surface area contributed by atoms with Gasteiger partial charge in [-0.3, -0.25) is 9.69 Å². The molecule has 6 nitrogen and oxygen atoms in total. The maximum absolute atomic E-state index is 12.7. The number of likely N-dealkylation sites (tertiary alicyclic amines) is 1. The van der Waals surface area contributed by atoms with E-state index in [2.05, 4.69) is 33.3 Å². The molecule has 1 N–H and O–H groups in total. The fourth-order valence-corrected chi connectivity index (χ4v) is 3.82. The van der Waals surface area contributed by atoms with Gasteiger partial charge in [0.15, 0.2) is 0 Å². The summed E-state index contributed by atoms with van der Waals surface area (Å²) in [6, 6.07) is 10.1. The zero-order chi connectivity index (χ0) is 16.5.